The zero-order valence-corrected chi connectivity index (χ0v) is 13.5. The van der Waals surface area contributed by atoms with Crippen LogP contribution in [0.5, 0.6) is 0 Å². The quantitative estimate of drug-likeness (QED) is 0.858. The van der Waals surface area contributed by atoms with E-state index in [0.29, 0.717) is 13.1 Å². The van der Waals surface area contributed by atoms with Gasteiger partial charge in [0.05, 0.1) is 3.79 Å². The maximum absolute atomic E-state index is 13.1. The number of piperazine rings is 1. The lowest BCUT2D eigenvalue weighted by Gasteiger charge is -2.33. The number of rotatable bonds is 3. The lowest BCUT2D eigenvalue weighted by Crippen LogP contribution is -2.46. The number of halogens is 5. The Morgan fingerprint density at radius 1 is 1.22 bits per heavy atom. The minimum atomic E-state index is -2.33. The van der Waals surface area contributed by atoms with Crippen LogP contribution in [0.15, 0.2) is 15.9 Å². The van der Waals surface area contributed by atoms with E-state index in [1.165, 1.54) is 11.3 Å². The Balaban J connectivity index is 0.00000144. The summed E-state index contributed by atoms with van der Waals surface area (Å²) in [5, 5.41) is 3.17. The molecule has 2 rings (SSSR count). The fourth-order valence-corrected chi connectivity index (χ4v) is 3.47. The number of alkyl halides is 2. The lowest BCUT2D eigenvalue weighted by atomic mass is 10.2. The molecule has 2 heterocycles. The van der Waals surface area contributed by atoms with E-state index in [1.807, 2.05) is 11.0 Å². The average Bonchev–Trinajstić information content (AvgIpc) is 2.66. The fraction of sp³-hybridized carbons (Fsp3) is 0.600. The molecule has 1 aliphatic heterocycles. The van der Waals surface area contributed by atoms with Gasteiger partial charge in [0.2, 0.25) is 0 Å². The number of hydrogen-bond donors (Lipinski definition) is 1. The lowest BCUT2D eigenvalue weighted by molar-refractivity contribution is 0.0200. The van der Waals surface area contributed by atoms with Crippen molar-refractivity contribution in [2.75, 3.05) is 26.2 Å². The van der Waals surface area contributed by atoms with E-state index in [4.69, 9.17) is 0 Å². The zero-order valence-electron chi connectivity index (χ0n) is 9.44. The van der Waals surface area contributed by atoms with Crippen molar-refractivity contribution in [3.63, 3.8) is 0 Å². The molecule has 1 aromatic rings. The van der Waals surface area contributed by atoms with Crippen molar-refractivity contribution in [1.29, 1.82) is 0 Å². The molecule has 106 valence electrons. The van der Waals surface area contributed by atoms with Crippen molar-refractivity contribution >= 4 is 52.1 Å². The first-order chi connectivity index (χ1) is 7.68. The van der Waals surface area contributed by atoms with Gasteiger partial charge in [0.1, 0.15) is 6.04 Å². The monoisotopic (exact) mass is 382 g/mol. The Morgan fingerprint density at radius 2 is 1.83 bits per heavy atom. The molecule has 1 atom stereocenters. The first-order valence-electron chi connectivity index (χ1n) is 5.16. The molecule has 1 aromatic heterocycles. The molecule has 8 heteroatoms. The normalized spacial score (nSPS) is 18.0. The van der Waals surface area contributed by atoms with Crippen molar-refractivity contribution in [2.45, 2.75) is 12.5 Å². The topological polar surface area (TPSA) is 15.3 Å². The summed E-state index contributed by atoms with van der Waals surface area (Å²) >= 11 is 4.71. The molecule has 1 N–H and O–H groups in total. The van der Waals surface area contributed by atoms with Crippen LogP contribution in [0.2, 0.25) is 0 Å². The molecule has 18 heavy (non-hydrogen) atoms. The standard InChI is InChI=1S/C10H13BrF2N2S.2ClH/c11-8-2-1-7(16-8)9(10(12)13)15-5-3-14-4-6-15;;/h1-2,9-10,14H,3-6H2;2*1H/t9-;;/m0../s1. The molecule has 0 bridgehead atoms. The van der Waals surface area contributed by atoms with Crippen molar-refractivity contribution < 1.29 is 8.78 Å². The van der Waals surface area contributed by atoms with E-state index in [9.17, 15) is 8.78 Å². The maximum Gasteiger partial charge on any atom is 0.258 e. The summed E-state index contributed by atoms with van der Waals surface area (Å²) in [6.45, 7) is 2.95. The molecule has 0 radical (unpaired) electrons. The van der Waals surface area contributed by atoms with Gasteiger partial charge in [-0.1, -0.05) is 0 Å². The molecule has 0 aromatic carbocycles. The Morgan fingerprint density at radius 3 is 2.28 bits per heavy atom. The summed E-state index contributed by atoms with van der Waals surface area (Å²) in [5.41, 5.74) is 0. The minimum Gasteiger partial charge on any atom is -0.314 e. The SMILES string of the molecule is Cl.Cl.FC(F)[C@H](c1ccc(Br)s1)N1CCNCC1. The highest BCUT2D eigenvalue weighted by atomic mass is 79.9. The predicted octanol–water partition coefficient (Wildman–Crippen LogP) is 3.57. The summed E-state index contributed by atoms with van der Waals surface area (Å²) in [4.78, 5) is 2.60. The molecule has 0 spiro atoms. The van der Waals surface area contributed by atoms with Gasteiger partial charge in [-0.15, -0.1) is 36.2 Å². The largest absolute Gasteiger partial charge is 0.314 e. The second-order valence-electron chi connectivity index (χ2n) is 3.71. The first-order valence-corrected chi connectivity index (χ1v) is 6.77. The highest BCUT2D eigenvalue weighted by Crippen LogP contribution is 2.34. The van der Waals surface area contributed by atoms with Crippen molar-refractivity contribution in [1.82, 2.24) is 10.2 Å². The molecule has 0 saturated carbocycles. The number of nitrogens with one attached hydrogen (secondary N) is 1. The van der Waals surface area contributed by atoms with Gasteiger partial charge in [0.25, 0.3) is 6.43 Å². The molecule has 0 aliphatic carbocycles. The molecule has 1 aliphatic rings. The van der Waals surface area contributed by atoms with Gasteiger partial charge < -0.3 is 5.32 Å². The third kappa shape index (κ3) is 4.58. The van der Waals surface area contributed by atoms with Gasteiger partial charge in [-0.3, -0.25) is 4.90 Å². The molecular formula is C10H15BrCl2F2N2S. The van der Waals surface area contributed by atoms with Crippen LogP contribution in [0.3, 0.4) is 0 Å². The second-order valence-corrected chi connectivity index (χ2v) is 6.20. The van der Waals surface area contributed by atoms with Crippen molar-refractivity contribution in [3.05, 3.63) is 20.8 Å². The minimum absolute atomic E-state index is 0. The summed E-state index contributed by atoms with van der Waals surface area (Å²) in [7, 11) is 0. The number of hydrogen-bond acceptors (Lipinski definition) is 3. The van der Waals surface area contributed by atoms with Crippen LogP contribution in [0.25, 0.3) is 0 Å². The van der Waals surface area contributed by atoms with E-state index in [-0.39, 0.29) is 24.8 Å². The van der Waals surface area contributed by atoms with Gasteiger partial charge in [-0.2, -0.15) is 0 Å². The van der Waals surface area contributed by atoms with Gasteiger partial charge in [0, 0.05) is 31.1 Å². The van der Waals surface area contributed by atoms with Crippen LogP contribution in [0.4, 0.5) is 8.78 Å². The Bertz CT molecular complexity index is 348. The highest BCUT2D eigenvalue weighted by molar-refractivity contribution is 9.11. The average molecular weight is 384 g/mol. The predicted molar refractivity (Wildman–Crippen MR) is 79.7 cm³/mol. The first kappa shape index (κ1) is 18.5. The van der Waals surface area contributed by atoms with Crippen LogP contribution in [0.1, 0.15) is 10.9 Å². The highest BCUT2D eigenvalue weighted by Gasteiger charge is 2.31. The van der Waals surface area contributed by atoms with E-state index >= 15 is 0 Å². The van der Waals surface area contributed by atoms with Crippen LogP contribution >= 0.6 is 52.1 Å². The van der Waals surface area contributed by atoms with Gasteiger partial charge in [-0.05, 0) is 28.1 Å². The van der Waals surface area contributed by atoms with Crippen LogP contribution in [-0.4, -0.2) is 37.5 Å². The third-order valence-electron chi connectivity index (χ3n) is 2.67. The van der Waals surface area contributed by atoms with Crippen LogP contribution in [0, 0.1) is 0 Å². The smallest absolute Gasteiger partial charge is 0.258 e. The summed E-state index contributed by atoms with van der Waals surface area (Å²) < 4.78 is 27.1. The summed E-state index contributed by atoms with van der Waals surface area (Å²) in [5.74, 6) is 0. The maximum atomic E-state index is 13.1. The molecule has 2 nitrogen and oxygen atoms in total. The fourth-order valence-electron chi connectivity index (χ4n) is 1.91. The molecule has 0 unspecified atom stereocenters. The number of nitrogens with zero attached hydrogens (tertiary/aromatic N) is 1. The van der Waals surface area contributed by atoms with E-state index in [2.05, 4.69) is 21.2 Å². The Labute approximate surface area is 130 Å². The van der Waals surface area contributed by atoms with Gasteiger partial charge >= 0.3 is 0 Å². The van der Waals surface area contributed by atoms with Crippen LogP contribution < -0.4 is 5.32 Å². The van der Waals surface area contributed by atoms with Gasteiger partial charge in [0.15, 0.2) is 0 Å². The Kier molecular flexibility index (Phi) is 8.92. The Hall–Kier alpha value is 0.540. The van der Waals surface area contributed by atoms with Gasteiger partial charge in [-0.25, -0.2) is 8.78 Å². The summed E-state index contributed by atoms with van der Waals surface area (Å²) in [6.07, 6.45) is -2.33. The van der Waals surface area contributed by atoms with E-state index in [1.54, 1.807) is 6.07 Å². The van der Waals surface area contributed by atoms with Crippen molar-refractivity contribution in [3.8, 4) is 0 Å². The summed E-state index contributed by atoms with van der Waals surface area (Å²) in [6, 6.07) is 2.86. The van der Waals surface area contributed by atoms with Crippen molar-refractivity contribution in [2.24, 2.45) is 0 Å². The molecule has 0 amide bonds. The zero-order chi connectivity index (χ0) is 11.5. The molecule has 1 fully saturated rings. The third-order valence-corrected chi connectivity index (χ3v) is 4.36. The van der Waals surface area contributed by atoms with E-state index < -0.39 is 12.5 Å². The molecular weight excluding hydrogens is 369 g/mol. The molecule has 1 saturated heterocycles. The van der Waals surface area contributed by atoms with E-state index in [0.717, 1.165) is 21.8 Å². The van der Waals surface area contributed by atoms with Crippen LogP contribution in [-0.2, 0) is 0 Å². The second kappa shape index (κ2) is 8.66. The number of thiophene rings is 1.